The van der Waals surface area contributed by atoms with Crippen LogP contribution in [0.3, 0.4) is 0 Å². The van der Waals surface area contributed by atoms with Crippen LogP contribution in [0.2, 0.25) is 0 Å². The van der Waals surface area contributed by atoms with Crippen molar-refractivity contribution in [3.05, 3.63) is 30.1 Å². The number of nitrogens with one attached hydrogen (secondary N) is 1. The minimum absolute atomic E-state index is 0.289. The standard InChI is InChI=1S/C18H23N3O/c22-18(13-5-2-1-3-6-13)21-10-8-14(12-21)16-11-20-17-15(16)7-4-9-19-17/h4,7,9,11,13-14H,1-3,5-6,8,10,12H2,(H,19,20). The molecule has 0 spiro atoms. The Kier molecular flexibility index (Phi) is 3.60. The smallest absolute Gasteiger partial charge is 0.225 e. The highest BCUT2D eigenvalue weighted by atomic mass is 16.2. The Labute approximate surface area is 130 Å². The summed E-state index contributed by atoms with van der Waals surface area (Å²) in [6.07, 6.45) is 10.9. The summed E-state index contributed by atoms with van der Waals surface area (Å²) in [5.74, 6) is 1.14. The largest absolute Gasteiger partial charge is 0.346 e. The highest BCUT2D eigenvalue weighted by molar-refractivity contribution is 5.81. The number of H-pyrrole nitrogens is 1. The summed E-state index contributed by atoms with van der Waals surface area (Å²) in [6, 6.07) is 4.11. The van der Waals surface area contributed by atoms with E-state index in [0.717, 1.165) is 38.0 Å². The number of fused-ring (bicyclic) bond motifs is 1. The van der Waals surface area contributed by atoms with Crippen LogP contribution in [0, 0.1) is 5.92 Å². The van der Waals surface area contributed by atoms with Crippen molar-refractivity contribution in [2.45, 2.75) is 44.4 Å². The van der Waals surface area contributed by atoms with Crippen LogP contribution in [0.15, 0.2) is 24.5 Å². The van der Waals surface area contributed by atoms with Crippen LogP contribution in [-0.4, -0.2) is 33.9 Å². The molecule has 4 nitrogen and oxygen atoms in total. The summed E-state index contributed by atoms with van der Waals surface area (Å²) >= 11 is 0. The van der Waals surface area contributed by atoms with E-state index in [1.54, 1.807) is 0 Å². The lowest BCUT2D eigenvalue weighted by molar-refractivity contribution is -0.135. The van der Waals surface area contributed by atoms with E-state index in [1.807, 2.05) is 12.3 Å². The summed E-state index contributed by atoms with van der Waals surface area (Å²) in [5, 5.41) is 1.21. The zero-order chi connectivity index (χ0) is 14.9. The van der Waals surface area contributed by atoms with E-state index in [2.05, 4.69) is 27.1 Å². The Balaban J connectivity index is 1.49. The monoisotopic (exact) mass is 297 g/mol. The Morgan fingerprint density at radius 2 is 2.09 bits per heavy atom. The van der Waals surface area contributed by atoms with Gasteiger partial charge in [0.1, 0.15) is 5.65 Å². The number of pyridine rings is 1. The second-order valence-electron chi connectivity index (χ2n) is 6.75. The molecule has 0 bridgehead atoms. The zero-order valence-corrected chi connectivity index (χ0v) is 12.9. The number of rotatable bonds is 2. The molecular formula is C18H23N3O. The van der Waals surface area contributed by atoms with E-state index >= 15 is 0 Å². The van der Waals surface area contributed by atoms with Crippen LogP contribution >= 0.6 is 0 Å². The molecule has 1 aliphatic carbocycles. The van der Waals surface area contributed by atoms with Gasteiger partial charge in [0.05, 0.1) is 0 Å². The molecule has 22 heavy (non-hydrogen) atoms. The minimum Gasteiger partial charge on any atom is -0.346 e. The summed E-state index contributed by atoms with van der Waals surface area (Å²) in [4.78, 5) is 22.4. The predicted molar refractivity (Wildman–Crippen MR) is 86.6 cm³/mol. The average Bonchev–Trinajstić information content (AvgIpc) is 3.21. The van der Waals surface area contributed by atoms with E-state index in [-0.39, 0.29) is 5.92 Å². The van der Waals surface area contributed by atoms with Crippen molar-refractivity contribution in [1.82, 2.24) is 14.9 Å². The Morgan fingerprint density at radius 3 is 2.95 bits per heavy atom. The van der Waals surface area contributed by atoms with Gasteiger partial charge in [0, 0.05) is 42.7 Å². The van der Waals surface area contributed by atoms with Crippen molar-refractivity contribution in [2.75, 3.05) is 13.1 Å². The van der Waals surface area contributed by atoms with Crippen LogP contribution in [0.4, 0.5) is 0 Å². The number of likely N-dealkylation sites (tertiary alicyclic amines) is 1. The highest BCUT2D eigenvalue weighted by Crippen LogP contribution is 2.34. The number of aromatic nitrogens is 2. The van der Waals surface area contributed by atoms with Crippen molar-refractivity contribution in [2.24, 2.45) is 5.92 Å². The SMILES string of the molecule is O=C(C1CCCCC1)N1CCC(c2c[nH]c3ncccc23)C1. The third-order valence-electron chi connectivity index (χ3n) is 5.38. The summed E-state index contributed by atoms with van der Waals surface area (Å²) in [7, 11) is 0. The van der Waals surface area contributed by atoms with E-state index < -0.39 is 0 Å². The van der Waals surface area contributed by atoms with Gasteiger partial charge >= 0.3 is 0 Å². The molecule has 2 fully saturated rings. The quantitative estimate of drug-likeness (QED) is 0.923. The fourth-order valence-corrected chi connectivity index (χ4v) is 4.14. The molecule has 2 aromatic rings. The molecule has 1 aliphatic heterocycles. The van der Waals surface area contributed by atoms with Gasteiger partial charge in [-0.3, -0.25) is 4.79 Å². The van der Waals surface area contributed by atoms with E-state index in [0.29, 0.717) is 11.8 Å². The third kappa shape index (κ3) is 2.40. The van der Waals surface area contributed by atoms with Gasteiger partial charge in [-0.2, -0.15) is 0 Å². The predicted octanol–water partition coefficient (Wildman–Crippen LogP) is 3.46. The Hall–Kier alpha value is -1.84. The second kappa shape index (κ2) is 5.75. The number of hydrogen-bond acceptors (Lipinski definition) is 2. The van der Waals surface area contributed by atoms with E-state index in [1.165, 1.54) is 30.2 Å². The number of nitrogens with zero attached hydrogens (tertiary/aromatic N) is 2. The third-order valence-corrected chi connectivity index (χ3v) is 5.38. The van der Waals surface area contributed by atoms with Crippen molar-refractivity contribution >= 4 is 16.9 Å². The van der Waals surface area contributed by atoms with Gasteiger partial charge in [0.25, 0.3) is 0 Å². The van der Waals surface area contributed by atoms with Crippen molar-refractivity contribution in [1.29, 1.82) is 0 Å². The lowest BCUT2D eigenvalue weighted by Crippen LogP contribution is -2.35. The Bertz CT molecular complexity index is 672. The molecule has 0 radical (unpaired) electrons. The van der Waals surface area contributed by atoms with Gasteiger partial charge in [0.15, 0.2) is 0 Å². The van der Waals surface area contributed by atoms with Gasteiger partial charge in [-0.25, -0.2) is 4.98 Å². The number of hydrogen-bond donors (Lipinski definition) is 1. The molecule has 1 saturated heterocycles. The first-order valence-corrected chi connectivity index (χ1v) is 8.54. The second-order valence-corrected chi connectivity index (χ2v) is 6.75. The highest BCUT2D eigenvalue weighted by Gasteiger charge is 2.32. The van der Waals surface area contributed by atoms with Gasteiger partial charge in [-0.05, 0) is 37.0 Å². The molecular weight excluding hydrogens is 274 g/mol. The molecule has 1 N–H and O–H groups in total. The van der Waals surface area contributed by atoms with E-state index in [4.69, 9.17) is 0 Å². The molecule has 4 heteroatoms. The summed E-state index contributed by atoms with van der Waals surface area (Å²) in [6.45, 7) is 1.78. The van der Waals surface area contributed by atoms with Gasteiger partial charge < -0.3 is 9.88 Å². The fraction of sp³-hybridized carbons (Fsp3) is 0.556. The first-order chi connectivity index (χ1) is 10.8. The molecule has 4 rings (SSSR count). The zero-order valence-electron chi connectivity index (χ0n) is 12.9. The average molecular weight is 297 g/mol. The van der Waals surface area contributed by atoms with Crippen molar-refractivity contribution in [3.63, 3.8) is 0 Å². The minimum atomic E-state index is 0.289. The molecule has 3 heterocycles. The maximum atomic E-state index is 12.7. The van der Waals surface area contributed by atoms with Crippen molar-refractivity contribution in [3.8, 4) is 0 Å². The first-order valence-electron chi connectivity index (χ1n) is 8.54. The molecule has 0 aromatic carbocycles. The number of aromatic amines is 1. The van der Waals surface area contributed by atoms with Crippen LogP contribution in [-0.2, 0) is 4.79 Å². The van der Waals surface area contributed by atoms with Gasteiger partial charge in [0.2, 0.25) is 5.91 Å². The van der Waals surface area contributed by atoms with Crippen LogP contribution < -0.4 is 0 Å². The van der Waals surface area contributed by atoms with Crippen LogP contribution in [0.5, 0.6) is 0 Å². The molecule has 1 unspecified atom stereocenters. The molecule has 2 aromatic heterocycles. The lowest BCUT2D eigenvalue weighted by atomic mass is 9.88. The number of carbonyl (C=O) groups excluding carboxylic acids is 1. The van der Waals surface area contributed by atoms with Gasteiger partial charge in [-0.15, -0.1) is 0 Å². The molecule has 116 valence electrons. The van der Waals surface area contributed by atoms with Crippen molar-refractivity contribution < 1.29 is 4.79 Å². The lowest BCUT2D eigenvalue weighted by Gasteiger charge is -2.26. The molecule has 2 aliphatic rings. The molecule has 1 saturated carbocycles. The van der Waals surface area contributed by atoms with Gasteiger partial charge in [-0.1, -0.05) is 19.3 Å². The first kappa shape index (κ1) is 13.8. The normalized spacial score (nSPS) is 23.3. The van der Waals surface area contributed by atoms with Crippen LogP contribution in [0.1, 0.15) is 50.0 Å². The molecule has 1 atom stereocenters. The molecule has 1 amide bonds. The maximum absolute atomic E-state index is 12.7. The Morgan fingerprint density at radius 1 is 1.23 bits per heavy atom. The summed E-state index contributed by atoms with van der Waals surface area (Å²) in [5.41, 5.74) is 2.27. The maximum Gasteiger partial charge on any atom is 0.225 e. The van der Waals surface area contributed by atoms with Crippen LogP contribution in [0.25, 0.3) is 11.0 Å². The topological polar surface area (TPSA) is 49.0 Å². The summed E-state index contributed by atoms with van der Waals surface area (Å²) < 4.78 is 0. The van der Waals surface area contributed by atoms with E-state index in [9.17, 15) is 4.79 Å². The fourth-order valence-electron chi connectivity index (χ4n) is 4.14. The number of carbonyl (C=O) groups is 1. The number of amides is 1.